The van der Waals surface area contributed by atoms with Gasteiger partial charge in [-0.05, 0) is 17.5 Å². The first-order valence-corrected chi connectivity index (χ1v) is 4.64. The number of aryl methyl sites for hydroxylation is 1. The van der Waals surface area contributed by atoms with E-state index in [1.165, 1.54) is 23.7 Å². The second-order valence-corrected chi connectivity index (χ2v) is 3.50. The molecule has 5 nitrogen and oxygen atoms in total. The summed E-state index contributed by atoms with van der Waals surface area (Å²) in [6, 6.07) is 6.19. The number of carboxylic acids is 1. The van der Waals surface area contributed by atoms with Crippen molar-refractivity contribution in [3.05, 3.63) is 40.2 Å². The van der Waals surface area contributed by atoms with Crippen LogP contribution in [0, 0.1) is 0 Å². The summed E-state index contributed by atoms with van der Waals surface area (Å²) in [5.41, 5.74) is 5.82. The van der Waals surface area contributed by atoms with Gasteiger partial charge in [0.2, 0.25) is 0 Å². The van der Waals surface area contributed by atoms with Crippen molar-refractivity contribution in [2.45, 2.75) is 0 Å². The Morgan fingerprint density at radius 3 is 2.56 bits per heavy atom. The topological polar surface area (TPSA) is 85.3 Å². The van der Waals surface area contributed by atoms with Gasteiger partial charge in [-0.3, -0.25) is 4.79 Å². The Balaban J connectivity index is 3.07. The Morgan fingerprint density at radius 2 is 1.94 bits per heavy atom. The third-order valence-corrected chi connectivity index (χ3v) is 2.53. The number of nitrogens with zero attached hydrogens (tertiary/aromatic N) is 1. The summed E-state index contributed by atoms with van der Waals surface area (Å²) < 4.78 is 1.29. The SMILES string of the molecule is Cn1c(=O)ccc2ccc(N)c(C(=O)O)c21. The summed E-state index contributed by atoms with van der Waals surface area (Å²) in [4.78, 5) is 22.6. The molecule has 0 bridgehead atoms. The summed E-state index contributed by atoms with van der Waals surface area (Å²) in [6.07, 6.45) is 0. The van der Waals surface area contributed by atoms with Crippen LogP contribution in [0.1, 0.15) is 10.4 Å². The van der Waals surface area contributed by atoms with E-state index in [9.17, 15) is 9.59 Å². The van der Waals surface area contributed by atoms with Crippen molar-refractivity contribution < 1.29 is 9.90 Å². The van der Waals surface area contributed by atoms with Gasteiger partial charge in [0.15, 0.2) is 0 Å². The molecule has 2 aromatic rings. The van der Waals surface area contributed by atoms with Gasteiger partial charge in [0.25, 0.3) is 5.56 Å². The lowest BCUT2D eigenvalue weighted by molar-refractivity contribution is 0.0699. The van der Waals surface area contributed by atoms with E-state index in [2.05, 4.69) is 0 Å². The molecule has 0 aliphatic heterocycles. The molecule has 1 aromatic heterocycles. The first-order chi connectivity index (χ1) is 7.52. The summed E-state index contributed by atoms with van der Waals surface area (Å²) in [7, 11) is 1.52. The summed E-state index contributed by atoms with van der Waals surface area (Å²) >= 11 is 0. The number of aromatic carboxylic acids is 1. The number of carboxylic acid groups (broad SMARTS) is 1. The van der Waals surface area contributed by atoms with E-state index >= 15 is 0 Å². The number of nitrogens with two attached hydrogens (primary N) is 1. The number of nitrogen functional groups attached to an aromatic ring is 1. The minimum absolute atomic E-state index is 0.0299. The number of benzene rings is 1. The van der Waals surface area contributed by atoms with E-state index < -0.39 is 5.97 Å². The zero-order valence-electron chi connectivity index (χ0n) is 8.60. The fraction of sp³-hybridized carbons (Fsp3) is 0.0909. The Hall–Kier alpha value is -2.30. The van der Waals surface area contributed by atoms with Crippen molar-refractivity contribution in [1.82, 2.24) is 4.57 Å². The lowest BCUT2D eigenvalue weighted by Crippen LogP contribution is -2.18. The average Bonchev–Trinajstić information content (AvgIpc) is 2.23. The molecule has 3 N–H and O–H groups in total. The Morgan fingerprint density at radius 1 is 1.31 bits per heavy atom. The number of hydrogen-bond donors (Lipinski definition) is 2. The second kappa shape index (κ2) is 3.37. The van der Waals surface area contributed by atoms with Crippen LogP contribution in [-0.4, -0.2) is 15.6 Å². The van der Waals surface area contributed by atoms with Crippen molar-refractivity contribution in [2.75, 3.05) is 5.73 Å². The van der Waals surface area contributed by atoms with Crippen LogP contribution in [-0.2, 0) is 7.05 Å². The van der Waals surface area contributed by atoms with Crippen LogP contribution in [0.4, 0.5) is 5.69 Å². The van der Waals surface area contributed by atoms with Gasteiger partial charge < -0.3 is 15.4 Å². The number of pyridine rings is 1. The normalized spacial score (nSPS) is 10.6. The fourth-order valence-corrected chi connectivity index (χ4v) is 1.73. The standard InChI is InChI=1S/C11H10N2O3/c1-13-8(14)5-3-6-2-4-7(12)9(10(6)13)11(15)16/h2-5H,12H2,1H3,(H,15,16). The molecule has 0 fully saturated rings. The maximum absolute atomic E-state index is 11.4. The first kappa shape index (κ1) is 10.2. The molecule has 1 heterocycles. The number of aromatic nitrogens is 1. The van der Waals surface area contributed by atoms with E-state index in [1.807, 2.05) is 0 Å². The predicted molar refractivity (Wildman–Crippen MR) is 60.6 cm³/mol. The van der Waals surface area contributed by atoms with Crippen molar-refractivity contribution in [3.63, 3.8) is 0 Å². The molecule has 0 radical (unpaired) electrons. The van der Waals surface area contributed by atoms with Gasteiger partial charge in [0.1, 0.15) is 5.56 Å². The molecule has 0 saturated carbocycles. The largest absolute Gasteiger partial charge is 0.478 e. The summed E-state index contributed by atoms with van der Waals surface area (Å²) in [5, 5.41) is 9.76. The number of rotatable bonds is 1. The third-order valence-electron chi connectivity index (χ3n) is 2.53. The van der Waals surface area contributed by atoms with Crippen molar-refractivity contribution >= 4 is 22.6 Å². The maximum Gasteiger partial charge on any atom is 0.339 e. The van der Waals surface area contributed by atoms with Gasteiger partial charge in [-0.15, -0.1) is 0 Å². The lowest BCUT2D eigenvalue weighted by atomic mass is 10.1. The molecule has 0 aliphatic carbocycles. The Bertz CT molecular complexity index is 643. The van der Waals surface area contributed by atoms with Gasteiger partial charge in [0.05, 0.1) is 5.52 Å². The molecule has 82 valence electrons. The van der Waals surface area contributed by atoms with E-state index in [1.54, 1.807) is 12.1 Å². The summed E-state index contributed by atoms with van der Waals surface area (Å²) in [6.45, 7) is 0. The molecule has 0 unspecified atom stereocenters. The molecule has 0 spiro atoms. The molecular weight excluding hydrogens is 208 g/mol. The highest BCUT2D eigenvalue weighted by molar-refractivity contribution is 6.06. The van der Waals surface area contributed by atoms with Crippen molar-refractivity contribution in [3.8, 4) is 0 Å². The number of carbonyl (C=O) groups is 1. The Labute approximate surface area is 90.7 Å². The van der Waals surface area contributed by atoms with Gasteiger partial charge >= 0.3 is 5.97 Å². The molecule has 5 heteroatoms. The molecule has 2 rings (SSSR count). The van der Waals surface area contributed by atoms with Crippen LogP contribution in [0.15, 0.2) is 29.1 Å². The van der Waals surface area contributed by atoms with Crippen LogP contribution in [0.25, 0.3) is 10.9 Å². The van der Waals surface area contributed by atoms with Gasteiger partial charge in [-0.2, -0.15) is 0 Å². The summed E-state index contributed by atoms with van der Waals surface area (Å²) in [5.74, 6) is -1.13. The Kier molecular flexibility index (Phi) is 2.16. The third kappa shape index (κ3) is 1.33. The molecule has 0 atom stereocenters. The van der Waals surface area contributed by atoms with Crippen molar-refractivity contribution in [2.24, 2.45) is 7.05 Å². The van der Waals surface area contributed by atoms with E-state index in [4.69, 9.17) is 10.8 Å². The lowest BCUT2D eigenvalue weighted by Gasteiger charge is -2.09. The molecule has 0 saturated heterocycles. The molecule has 0 amide bonds. The minimum Gasteiger partial charge on any atom is -0.478 e. The highest BCUT2D eigenvalue weighted by Gasteiger charge is 2.15. The van der Waals surface area contributed by atoms with Crippen LogP contribution < -0.4 is 11.3 Å². The number of fused-ring (bicyclic) bond motifs is 1. The first-order valence-electron chi connectivity index (χ1n) is 4.64. The quantitative estimate of drug-likeness (QED) is 0.694. The van der Waals surface area contributed by atoms with Gasteiger partial charge in [-0.1, -0.05) is 6.07 Å². The van der Waals surface area contributed by atoms with Gasteiger partial charge in [-0.25, -0.2) is 4.79 Å². The van der Waals surface area contributed by atoms with E-state index in [0.717, 1.165) is 0 Å². The van der Waals surface area contributed by atoms with E-state index in [0.29, 0.717) is 10.9 Å². The van der Waals surface area contributed by atoms with Crippen LogP contribution in [0.5, 0.6) is 0 Å². The maximum atomic E-state index is 11.4. The zero-order valence-corrected chi connectivity index (χ0v) is 8.60. The average molecular weight is 218 g/mol. The van der Waals surface area contributed by atoms with Crippen molar-refractivity contribution in [1.29, 1.82) is 0 Å². The van der Waals surface area contributed by atoms with Crippen LogP contribution in [0.3, 0.4) is 0 Å². The highest BCUT2D eigenvalue weighted by atomic mass is 16.4. The monoisotopic (exact) mass is 218 g/mol. The zero-order chi connectivity index (χ0) is 11.9. The number of anilines is 1. The second-order valence-electron chi connectivity index (χ2n) is 3.50. The molecule has 16 heavy (non-hydrogen) atoms. The van der Waals surface area contributed by atoms with E-state index in [-0.39, 0.29) is 16.8 Å². The fourth-order valence-electron chi connectivity index (χ4n) is 1.73. The highest BCUT2D eigenvalue weighted by Crippen LogP contribution is 2.22. The molecule has 1 aromatic carbocycles. The minimum atomic E-state index is -1.13. The number of hydrogen-bond acceptors (Lipinski definition) is 3. The smallest absolute Gasteiger partial charge is 0.339 e. The molecular formula is C11H10N2O3. The van der Waals surface area contributed by atoms with Crippen LogP contribution in [0.2, 0.25) is 0 Å². The molecule has 0 aliphatic rings. The van der Waals surface area contributed by atoms with Gasteiger partial charge in [0, 0.05) is 18.8 Å². The predicted octanol–water partition coefficient (Wildman–Crippen LogP) is 0.819. The van der Waals surface area contributed by atoms with Crippen LogP contribution >= 0.6 is 0 Å².